The molecule has 2 amide bonds. The Kier molecular flexibility index (Phi) is 9.08. The zero-order chi connectivity index (χ0) is 38.9. The number of aromatic amines is 1. The Bertz CT molecular complexity index is 2160. The number of fused-ring (bicyclic) bond motifs is 3. The van der Waals surface area contributed by atoms with E-state index in [0.717, 1.165) is 102 Å². The summed E-state index contributed by atoms with van der Waals surface area (Å²) >= 11 is 0. The van der Waals surface area contributed by atoms with Crippen LogP contribution in [-0.4, -0.2) is 67.4 Å². The van der Waals surface area contributed by atoms with E-state index in [2.05, 4.69) is 71.0 Å². The first-order valence-electron chi connectivity index (χ1n) is 20.7. The number of hydrogen-bond acceptors (Lipinski definition) is 6. The van der Waals surface area contributed by atoms with E-state index < -0.39 is 11.2 Å². The SMILES string of the molecule is CC(C)(C)OC(=O)N1[C@H](c2ncc(-c3ccc(-c4ccc5cc(C6=C[N-]C([C@@H]7C[C@@H]8CCC[C@@H]8N7C(=O)OC(C)(C)C)N6)ccc5c4)cc3)[nH]2)C[C@@H]2CCC[C@@H]21. The molecule has 2 saturated heterocycles. The Hall–Kier alpha value is -4.99. The maximum atomic E-state index is 13.4. The fraction of sp³-hybridized carbons (Fsp3) is 0.500. The summed E-state index contributed by atoms with van der Waals surface area (Å²) in [5.74, 6) is 1.83. The van der Waals surface area contributed by atoms with Crippen LogP contribution in [0, 0.1) is 11.8 Å². The zero-order valence-electron chi connectivity index (χ0n) is 33.5. The van der Waals surface area contributed by atoms with Crippen LogP contribution in [0.1, 0.15) is 110 Å². The molecule has 4 fully saturated rings. The van der Waals surface area contributed by atoms with Crippen LogP contribution in [-0.2, 0) is 9.47 Å². The standard InChI is InChI=1S/C46H55N6O4/c1-45(2,3)55-43(53)51-37-11-7-9-33(37)23-39(51)41-47-25-35(49-41)28-15-13-27(14-16-28)29-17-18-31-22-32(20-19-30(31)21-29)36-26-48-42(50-36)40-24-34-10-8-12-38(34)52(40)44(54)56-46(4,5)6/h13-22,25-26,33-34,37-40,42,50H,7-12,23-24H2,1-6H3,(H,47,49)/q-1/t33-,34-,37-,38-,39-,40-,42?/m0/s1. The highest BCUT2D eigenvalue weighted by atomic mass is 16.6. The summed E-state index contributed by atoms with van der Waals surface area (Å²) in [5.41, 5.74) is 5.26. The summed E-state index contributed by atoms with van der Waals surface area (Å²) in [7, 11) is 0. The van der Waals surface area contributed by atoms with E-state index in [1.54, 1.807) is 0 Å². The molecular weight excluding hydrogens is 701 g/mol. The lowest BCUT2D eigenvalue weighted by atomic mass is 9.98. The van der Waals surface area contributed by atoms with Crippen LogP contribution >= 0.6 is 0 Å². The lowest BCUT2D eigenvalue weighted by Gasteiger charge is -2.39. The number of benzene rings is 3. The number of carbonyl (C=O) groups excluding carboxylic acids is 2. The van der Waals surface area contributed by atoms with Crippen LogP contribution in [0.5, 0.6) is 0 Å². The van der Waals surface area contributed by atoms with E-state index in [1.807, 2.05) is 63.7 Å². The second kappa shape index (κ2) is 13.9. The summed E-state index contributed by atoms with van der Waals surface area (Å²) in [6, 6.07) is 22.0. The van der Waals surface area contributed by atoms with E-state index in [-0.39, 0.29) is 42.5 Å². The number of nitrogens with one attached hydrogen (secondary N) is 2. The Morgan fingerprint density at radius 1 is 0.696 bits per heavy atom. The fourth-order valence-corrected chi connectivity index (χ4v) is 10.1. The van der Waals surface area contributed by atoms with Crippen LogP contribution in [0.25, 0.3) is 44.2 Å². The number of hydrogen-bond donors (Lipinski definition) is 2. The van der Waals surface area contributed by atoms with Crippen molar-refractivity contribution in [3.8, 4) is 22.4 Å². The van der Waals surface area contributed by atoms with Crippen LogP contribution in [0.15, 0.2) is 73.1 Å². The number of carbonyl (C=O) groups is 2. The zero-order valence-corrected chi connectivity index (χ0v) is 33.5. The van der Waals surface area contributed by atoms with Crippen molar-refractivity contribution in [1.82, 2.24) is 25.1 Å². The van der Waals surface area contributed by atoms with Gasteiger partial charge in [0, 0.05) is 23.8 Å². The van der Waals surface area contributed by atoms with E-state index in [9.17, 15) is 9.59 Å². The molecule has 4 aromatic rings. The third-order valence-electron chi connectivity index (χ3n) is 12.5. The maximum Gasteiger partial charge on any atom is 0.411 e. The van der Waals surface area contributed by atoms with Crippen LogP contribution < -0.4 is 5.32 Å². The van der Waals surface area contributed by atoms with Crippen LogP contribution in [0.2, 0.25) is 0 Å². The molecule has 3 aliphatic heterocycles. The molecule has 1 aromatic heterocycles. The van der Waals surface area contributed by atoms with Gasteiger partial charge in [0.05, 0.1) is 17.9 Å². The monoisotopic (exact) mass is 755 g/mol. The summed E-state index contributed by atoms with van der Waals surface area (Å²) in [6.45, 7) is 11.6. The van der Waals surface area contributed by atoms with Gasteiger partial charge in [-0.2, -0.15) is 6.20 Å². The summed E-state index contributed by atoms with van der Waals surface area (Å²) in [5, 5.41) is 10.9. The second-order valence-electron chi connectivity index (χ2n) is 18.7. The van der Waals surface area contributed by atoms with Gasteiger partial charge in [-0.15, -0.1) is 0 Å². The highest BCUT2D eigenvalue weighted by molar-refractivity contribution is 5.90. The van der Waals surface area contributed by atoms with Crippen molar-refractivity contribution < 1.29 is 19.1 Å². The minimum Gasteiger partial charge on any atom is -0.668 e. The Morgan fingerprint density at radius 3 is 1.95 bits per heavy atom. The van der Waals surface area contributed by atoms with E-state index >= 15 is 0 Å². The minimum absolute atomic E-state index is 0.0276. The van der Waals surface area contributed by atoms with E-state index in [1.165, 1.54) is 0 Å². The second-order valence-corrected chi connectivity index (χ2v) is 18.7. The molecule has 0 spiro atoms. The van der Waals surface area contributed by atoms with Crippen LogP contribution in [0.4, 0.5) is 9.59 Å². The highest BCUT2D eigenvalue weighted by Gasteiger charge is 2.50. The molecule has 1 unspecified atom stereocenters. The first-order chi connectivity index (χ1) is 26.8. The first-order valence-corrected chi connectivity index (χ1v) is 20.7. The maximum absolute atomic E-state index is 13.4. The minimum atomic E-state index is -0.544. The van der Waals surface area contributed by atoms with Gasteiger partial charge in [0.25, 0.3) is 0 Å². The molecule has 7 atom stereocenters. The molecule has 2 saturated carbocycles. The number of nitrogens with zero attached hydrogens (tertiary/aromatic N) is 4. The van der Waals surface area contributed by atoms with Gasteiger partial charge in [-0.25, -0.2) is 14.6 Å². The number of aromatic nitrogens is 2. The van der Waals surface area contributed by atoms with Gasteiger partial charge in [-0.05, 0) is 143 Å². The Morgan fingerprint density at radius 2 is 1.27 bits per heavy atom. The third-order valence-corrected chi connectivity index (χ3v) is 12.5. The molecule has 3 aromatic carbocycles. The topological polar surface area (TPSA) is 114 Å². The number of imidazole rings is 1. The predicted octanol–water partition coefficient (Wildman–Crippen LogP) is 10.5. The summed E-state index contributed by atoms with van der Waals surface area (Å²) in [6.07, 6.45) is 11.7. The number of H-pyrrole nitrogens is 1. The summed E-state index contributed by atoms with van der Waals surface area (Å²) in [4.78, 5) is 39.1. The lowest BCUT2D eigenvalue weighted by Crippen LogP contribution is -2.50. The van der Waals surface area contributed by atoms with Gasteiger partial charge in [0.15, 0.2) is 0 Å². The largest absolute Gasteiger partial charge is 0.668 e. The molecule has 5 aliphatic rings. The van der Waals surface area contributed by atoms with E-state index in [4.69, 9.17) is 19.8 Å². The molecule has 10 heteroatoms. The van der Waals surface area contributed by atoms with Crippen molar-refractivity contribution in [3.05, 3.63) is 89.8 Å². The van der Waals surface area contributed by atoms with Gasteiger partial charge in [-0.3, -0.25) is 4.90 Å². The first kappa shape index (κ1) is 36.6. The van der Waals surface area contributed by atoms with E-state index in [0.29, 0.717) is 11.8 Å². The van der Waals surface area contributed by atoms with Crippen molar-refractivity contribution >= 4 is 28.7 Å². The van der Waals surface area contributed by atoms with Crippen molar-refractivity contribution in [2.75, 3.05) is 0 Å². The van der Waals surface area contributed by atoms with Crippen molar-refractivity contribution in [1.29, 1.82) is 0 Å². The number of ether oxygens (including phenoxy) is 2. The molecule has 56 heavy (non-hydrogen) atoms. The molecule has 9 rings (SSSR count). The Balaban J connectivity index is 0.872. The third kappa shape index (κ3) is 7.00. The van der Waals surface area contributed by atoms with Crippen molar-refractivity contribution in [2.24, 2.45) is 11.8 Å². The van der Waals surface area contributed by atoms with Gasteiger partial charge in [-0.1, -0.05) is 61.4 Å². The number of rotatable bonds is 5. The molecular formula is C46H55N6O4-. The smallest absolute Gasteiger partial charge is 0.411 e. The van der Waals surface area contributed by atoms with Crippen molar-refractivity contribution in [3.63, 3.8) is 0 Å². The normalized spacial score (nSPS) is 27.2. The number of amides is 2. The van der Waals surface area contributed by atoms with Crippen LogP contribution in [0.3, 0.4) is 0 Å². The molecule has 2 aliphatic carbocycles. The molecule has 2 N–H and O–H groups in total. The molecule has 294 valence electrons. The number of likely N-dealkylation sites (tertiary alicyclic amines) is 2. The summed E-state index contributed by atoms with van der Waals surface area (Å²) < 4.78 is 11.7. The average molecular weight is 756 g/mol. The molecule has 0 radical (unpaired) electrons. The van der Waals surface area contributed by atoms with Gasteiger partial charge in [0.2, 0.25) is 0 Å². The quantitative estimate of drug-likeness (QED) is 0.210. The molecule has 4 heterocycles. The Labute approximate surface area is 330 Å². The highest BCUT2D eigenvalue weighted by Crippen LogP contribution is 2.48. The van der Waals surface area contributed by atoms with Gasteiger partial charge < -0.3 is 30.0 Å². The lowest BCUT2D eigenvalue weighted by molar-refractivity contribution is 0.0115. The molecule has 0 bridgehead atoms. The van der Waals surface area contributed by atoms with Gasteiger partial charge >= 0.3 is 12.2 Å². The molecule has 10 nitrogen and oxygen atoms in total. The predicted molar refractivity (Wildman–Crippen MR) is 219 cm³/mol. The average Bonchev–Trinajstić information content (AvgIpc) is 3.99. The van der Waals surface area contributed by atoms with Gasteiger partial charge in [0.1, 0.15) is 17.0 Å². The van der Waals surface area contributed by atoms with Crippen molar-refractivity contribution in [2.45, 2.75) is 134 Å². The fourth-order valence-electron chi connectivity index (χ4n) is 10.1.